The summed E-state index contributed by atoms with van der Waals surface area (Å²) < 4.78 is 1.42. The van der Waals surface area contributed by atoms with Crippen molar-refractivity contribution in [3.63, 3.8) is 0 Å². The molecule has 9 heteroatoms. The standard InChI is InChI=1S/C25H23N5O3.C16H36N/c1-24(2)21-6-4-5-7-22(21)29(25(24,3)16-26)15-17-14-19(10-13-23(17)31)28-27-18-8-11-20(12-9-18)30(32)33;1-5-9-13-17(14-10-6-2,15-11-7-3)16-12-8-4/h4-14,31H,15H2,1-3H3;5-16H2,1-4H3/q;+1/p-1. The minimum absolute atomic E-state index is 0.0266. The van der Waals surface area contributed by atoms with Crippen molar-refractivity contribution < 1.29 is 14.5 Å². The van der Waals surface area contributed by atoms with Crippen LogP contribution in [0.5, 0.6) is 5.75 Å². The number of nitro benzene ring substituents is 1. The molecule has 0 aliphatic carbocycles. The largest absolute Gasteiger partial charge is 0.872 e. The summed E-state index contributed by atoms with van der Waals surface area (Å²) in [6.07, 6.45) is 11.1. The summed E-state index contributed by atoms with van der Waals surface area (Å²) in [6, 6.07) is 20.8. The molecule has 1 atom stereocenters. The number of anilines is 1. The van der Waals surface area contributed by atoms with Crippen molar-refractivity contribution >= 4 is 22.7 Å². The molecule has 0 amide bonds. The van der Waals surface area contributed by atoms with E-state index >= 15 is 0 Å². The van der Waals surface area contributed by atoms with Crippen molar-refractivity contribution in [2.75, 3.05) is 31.1 Å². The van der Waals surface area contributed by atoms with E-state index in [1.165, 1.54) is 112 Å². The molecule has 3 aromatic carbocycles. The monoisotopic (exact) mass is 682 g/mol. The van der Waals surface area contributed by atoms with Crippen molar-refractivity contribution in [1.82, 2.24) is 0 Å². The van der Waals surface area contributed by atoms with Gasteiger partial charge in [-0.1, -0.05) is 91.5 Å². The van der Waals surface area contributed by atoms with E-state index in [-0.39, 0.29) is 18.0 Å². The minimum atomic E-state index is -0.848. The maximum absolute atomic E-state index is 12.7. The van der Waals surface area contributed by atoms with Gasteiger partial charge >= 0.3 is 0 Å². The summed E-state index contributed by atoms with van der Waals surface area (Å²) >= 11 is 0. The Hall–Kier alpha value is -4.29. The number of rotatable bonds is 17. The van der Waals surface area contributed by atoms with Gasteiger partial charge in [0.1, 0.15) is 5.54 Å². The molecule has 0 N–H and O–H groups in total. The first kappa shape index (κ1) is 40.1. The third kappa shape index (κ3) is 9.69. The SMILES string of the molecule is CC1(C)c2ccccc2N(Cc2cc(N=Nc3ccc([N+](=O)[O-])cc3)ccc2[O-])C1(C)C#N.CCCC[N+](CCCC)(CCCC)CCCC. The van der Waals surface area contributed by atoms with Crippen molar-refractivity contribution in [2.24, 2.45) is 10.2 Å². The number of azo groups is 1. The van der Waals surface area contributed by atoms with E-state index in [1.807, 2.05) is 49.9 Å². The van der Waals surface area contributed by atoms with Crippen molar-refractivity contribution in [2.45, 2.75) is 117 Å². The van der Waals surface area contributed by atoms with Crippen molar-refractivity contribution in [3.8, 4) is 11.8 Å². The number of non-ortho nitro benzene ring substituents is 1. The molecule has 4 rings (SSSR count). The van der Waals surface area contributed by atoms with Crippen LogP contribution in [0, 0.1) is 21.4 Å². The minimum Gasteiger partial charge on any atom is -0.872 e. The number of nitriles is 1. The van der Waals surface area contributed by atoms with Crippen LogP contribution in [0.4, 0.5) is 22.7 Å². The second kappa shape index (κ2) is 18.6. The summed E-state index contributed by atoms with van der Waals surface area (Å²) in [5.41, 5.74) is 2.13. The van der Waals surface area contributed by atoms with E-state index in [0.29, 0.717) is 16.9 Å². The molecule has 0 spiro atoms. The molecule has 9 nitrogen and oxygen atoms in total. The average Bonchev–Trinajstić information content (AvgIpc) is 3.29. The average molecular weight is 683 g/mol. The molecule has 0 saturated carbocycles. The van der Waals surface area contributed by atoms with Gasteiger partial charge in [-0.25, -0.2) is 0 Å². The molecule has 1 heterocycles. The van der Waals surface area contributed by atoms with Gasteiger partial charge in [-0.3, -0.25) is 10.1 Å². The number of hydrogen-bond donors (Lipinski definition) is 0. The molecule has 0 aromatic heterocycles. The number of quaternary nitrogens is 1. The van der Waals surface area contributed by atoms with Crippen LogP contribution in [-0.4, -0.2) is 41.1 Å². The highest BCUT2D eigenvalue weighted by molar-refractivity contribution is 5.69. The van der Waals surface area contributed by atoms with E-state index in [2.05, 4.69) is 44.0 Å². The van der Waals surface area contributed by atoms with Crippen LogP contribution in [0.2, 0.25) is 0 Å². The molecule has 50 heavy (non-hydrogen) atoms. The number of nitrogens with zero attached hydrogens (tertiary/aromatic N) is 6. The second-order valence-corrected chi connectivity index (χ2v) is 14.3. The van der Waals surface area contributed by atoms with Crippen LogP contribution in [0.1, 0.15) is 111 Å². The molecule has 1 aliphatic rings. The Bertz CT molecular complexity index is 1560. The number of hydrogen-bond acceptors (Lipinski definition) is 7. The molecule has 270 valence electrons. The lowest BCUT2D eigenvalue weighted by atomic mass is 9.72. The first-order valence-corrected chi connectivity index (χ1v) is 18.5. The highest BCUT2D eigenvalue weighted by Gasteiger charge is 2.54. The van der Waals surface area contributed by atoms with Crippen LogP contribution >= 0.6 is 0 Å². The molecule has 0 radical (unpaired) electrons. The molecule has 1 aliphatic heterocycles. The van der Waals surface area contributed by atoms with Crippen LogP contribution in [-0.2, 0) is 12.0 Å². The summed E-state index contributed by atoms with van der Waals surface area (Å²) in [5, 5.41) is 41.9. The molecule has 0 saturated heterocycles. The van der Waals surface area contributed by atoms with E-state index < -0.39 is 15.9 Å². The van der Waals surface area contributed by atoms with Gasteiger partial charge in [0, 0.05) is 29.8 Å². The van der Waals surface area contributed by atoms with E-state index in [9.17, 15) is 20.5 Å². The van der Waals surface area contributed by atoms with Crippen molar-refractivity contribution in [3.05, 3.63) is 88.0 Å². The van der Waals surface area contributed by atoms with E-state index in [4.69, 9.17) is 0 Å². The Morgan fingerprint density at radius 2 is 1.28 bits per heavy atom. The maximum atomic E-state index is 12.7. The Kier molecular flexibility index (Phi) is 15.0. The predicted molar refractivity (Wildman–Crippen MR) is 202 cm³/mol. The fourth-order valence-electron chi connectivity index (χ4n) is 6.84. The van der Waals surface area contributed by atoms with Gasteiger partial charge in [-0.05, 0) is 74.1 Å². The highest BCUT2D eigenvalue weighted by atomic mass is 16.6. The molecule has 1 unspecified atom stereocenters. The molecular weight excluding hydrogens is 624 g/mol. The Balaban J connectivity index is 0.000000338. The summed E-state index contributed by atoms with van der Waals surface area (Å²) in [6.45, 7) is 21.3. The Labute approximate surface area is 300 Å². The molecular formula is C41H58N6O3. The van der Waals surface area contributed by atoms with Gasteiger partial charge in [0.05, 0.1) is 48.5 Å². The quantitative estimate of drug-likeness (QED) is 0.0607. The first-order valence-electron chi connectivity index (χ1n) is 18.5. The number of unbranched alkanes of at least 4 members (excludes halogenated alkanes) is 4. The fourth-order valence-corrected chi connectivity index (χ4v) is 6.84. The van der Waals surface area contributed by atoms with Gasteiger partial charge in [0.2, 0.25) is 0 Å². The van der Waals surface area contributed by atoms with Gasteiger partial charge in [-0.2, -0.15) is 15.5 Å². The fraction of sp³-hybridized carbons (Fsp3) is 0.537. The summed E-state index contributed by atoms with van der Waals surface area (Å²) in [4.78, 5) is 12.3. The molecule has 3 aromatic rings. The Morgan fingerprint density at radius 3 is 1.78 bits per heavy atom. The number of para-hydroxylation sites is 1. The predicted octanol–water partition coefficient (Wildman–Crippen LogP) is 10.7. The van der Waals surface area contributed by atoms with Gasteiger partial charge in [-0.15, -0.1) is 5.75 Å². The number of benzene rings is 3. The second-order valence-electron chi connectivity index (χ2n) is 14.3. The topological polar surface area (TPSA) is 118 Å². The maximum Gasteiger partial charge on any atom is 0.269 e. The van der Waals surface area contributed by atoms with Crippen LogP contribution in [0.3, 0.4) is 0 Å². The third-order valence-electron chi connectivity index (χ3n) is 10.5. The zero-order chi connectivity index (χ0) is 36.8. The van der Waals surface area contributed by atoms with Gasteiger partial charge in [0.25, 0.3) is 5.69 Å². The van der Waals surface area contributed by atoms with Crippen molar-refractivity contribution in [1.29, 1.82) is 5.26 Å². The zero-order valence-electron chi connectivity index (χ0n) is 31.5. The molecule has 0 fully saturated rings. The third-order valence-corrected chi connectivity index (χ3v) is 10.5. The lowest BCUT2D eigenvalue weighted by Gasteiger charge is -2.40. The highest BCUT2D eigenvalue weighted by Crippen LogP contribution is 2.52. The van der Waals surface area contributed by atoms with E-state index in [0.717, 1.165) is 11.3 Å². The zero-order valence-corrected chi connectivity index (χ0v) is 31.5. The van der Waals surface area contributed by atoms with Crippen LogP contribution < -0.4 is 10.0 Å². The van der Waals surface area contributed by atoms with Crippen LogP contribution in [0.15, 0.2) is 77.0 Å². The number of fused-ring (bicyclic) bond motifs is 1. The smallest absolute Gasteiger partial charge is 0.269 e. The van der Waals surface area contributed by atoms with Crippen LogP contribution in [0.25, 0.3) is 0 Å². The van der Waals surface area contributed by atoms with Gasteiger partial charge in [0.15, 0.2) is 0 Å². The van der Waals surface area contributed by atoms with E-state index in [1.54, 1.807) is 12.1 Å². The van der Waals surface area contributed by atoms with Gasteiger partial charge < -0.3 is 14.5 Å². The Morgan fingerprint density at radius 1 is 0.780 bits per heavy atom. The normalized spacial score (nSPS) is 16.5. The summed E-state index contributed by atoms with van der Waals surface area (Å²) in [5.74, 6) is -0.147. The summed E-state index contributed by atoms with van der Waals surface area (Å²) in [7, 11) is 0. The lowest BCUT2D eigenvalue weighted by Crippen LogP contribution is -2.52. The lowest BCUT2D eigenvalue weighted by molar-refractivity contribution is -0.929. The number of nitro groups is 1. The first-order chi connectivity index (χ1) is 23.9. The molecule has 0 bridgehead atoms.